The van der Waals surface area contributed by atoms with Crippen LogP contribution in [0.3, 0.4) is 0 Å². The third-order valence-electron chi connectivity index (χ3n) is 7.03. The predicted octanol–water partition coefficient (Wildman–Crippen LogP) is 3.68. The summed E-state index contributed by atoms with van der Waals surface area (Å²) in [6, 6.07) is 9.31. The summed E-state index contributed by atoms with van der Waals surface area (Å²) < 4.78 is 14.1. The van der Waals surface area contributed by atoms with Crippen molar-refractivity contribution in [2.45, 2.75) is 45.7 Å². The highest BCUT2D eigenvalue weighted by molar-refractivity contribution is 5.92. The van der Waals surface area contributed by atoms with E-state index < -0.39 is 0 Å². The van der Waals surface area contributed by atoms with E-state index in [0.29, 0.717) is 54.9 Å². The fraction of sp³-hybridized carbons (Fsp3) is 0.407. The third-order valence-corrected chi connectivity index (χ3v) is 7.03. The monoisotopic (exact) mass is 489 g/mol. The number of methoxy groups -OCH3 is 2. The molecule has 0 spiro atoms. The third kappa shape index (κ3) is 3.98. The van der Waals surface area contributed by atoms with Gasteiger partial charge in [-0.2, -0.15) is 0 Å². The molecule has 188 valence electrons. The van der Waals surface area contributed by atoms with Gasteiger partial charge in [0.2, 0.25) is 0 Å². The number of ether oxygens (including phenoxy) is 2. The molecule has 0 amide bonds. The Morgan fingerprint density at radius 2 is 1.69 bits per heavy atom. The molecule has 2 aromatic heterocycles. The minimum absolute atomic E-state index is 0.169. The molecular weight excluding hydrogens is 458 g/mol. The Morgan fingerprint density at radius 3 is 2.39 bits per heavy atom. The van der Waals surface area contributed by atoms with Gasteiger partial charge in [-0.15, -0.1) is 0 Å². The van der Waals surface area contributed by atoms with E-state index in [2.05, 4.69) is 14.9 Å². The first-order valence-electron chi connectivity index (χ1n) is 12.3. The van der Waals surface area contributed by atoms with E-state index in [-0.39, 0.29) is 17.3 Å². The summed E-state index contributed by atoms with van der Waals surface area (Å²) in [5.41, 5.74) is 2.06. The minimum atomic E-state index is -0.221. The maximum Gasteiger partial charge on any atom is 0.331 e. The first kappa shape index (κ1) is 23.8. The van der Waals surface area contributed by atoms with Gasteiger partial charge in [-0.05, 0) is 44.4 Å². The number of hydrogen-bond donors (Lipinski definition) is 0. The molecule has 1 fully saturated rings. The number of rotatable bonds is 6. The van der Waals surface area contributed by atoms with Gasteiger partial charge in [0.05, 0.1) is 30.6 Å². The summed E-state index contributed by atoms with van der Waals surface area (Å²) in [6.07, 6.45) is 3.69. The Kier molecular flexibility index (Phi) is 6.38. The molecule has 0 radical (unpaired) electrons. The second-order valence-electron chi connectivity index (χ2n) is 9.27. The number of nitrogens with zero attached hydrogens (tertiary/aromatic N) is 5. The fourth-order valence-corrected chi connectivity index (χ4v) is 5.23. The average Bonchev–Trinajstić information content (AvgIpc) is 2.90. The number of piperidine rings is 1. The summed E-state index contributed by atoms with van der Waals surface area (Å²) in [5, 5.41) is 1.48. The molecule has 0 bridgehead atoms. The van der Waals surface area contributed by atoms with Crippen LogP contribution in [0.4, 0.5) is 5.82 Å². The molecule has 5 rings (SSSR count). The molecule has 0 N–H and O–H groups in total. The number of aromatic nitrogens is 4. The van der Waals surface area contributed by atoms with Crippen molar-refractivity contribution in [3.8, 4) is 11.5 Å². The number of anilines is 1. The SMILES string of the molecule is CCCn1c(=O)n(C2CCN(c3ncnc4cc(OC)c(OC)cc34)CC2)c(=O)c2cc(C)ccc21. The first-order valence-corrected chi connectivity index (χ1v) is 12.3. The highest BCUT2D eigenvalue weighted by Gasteiger charge is 2.27. The standard InChI is InChI=1S/C27H31N5O4/c1-5-10-31-22-7-6-17(2)13-20(22)26(33)32(27(31)34)18-8-11-30(12-9-18)25-19-14-23(35-3)24(36-4)15-21(19)28-16-29-25/h6-7,13-16,18H,5,8-12H2,1-4H3. The van der Waals surface area contributed by atoms with E-state index in [1.54, 1.807) is 25.1 Å². The van der Waals surface area contributed by atoms with Crippen molar-refractivity contribution in [1.82, 2.24) is 19.1 Å². The Hall–Kier alpha value is -3.88. The number of aryl methyl sites for hydroxylation is 2. The molecule has 1 aliphatic rings. The van der Waals surface area contributed by atoms with Crippen molar-refractivity contribution >= 4 is 27.6 Å². The zero-order valence-electron chi connectivity index (χ0n) is 21.2. The summed E-state index contributed by atoms with van der Waals surface area (Å²) in [5.74, 6) is 2.04. The van der Waals surface area contributed by atoms with E-state index >= 15 is 0 Å². The number of hydrogen-bond acceptors (Lipinski definition) is 7. The van der Waals surface area contributed by atoms with Crippen molar-refractivity contribution in [2.24, 2.45) is 0 Å². The highest BCUT2D eigenvalue weighted by atomic mass is 16.5. The van der Waals surface area contributed by atoms with E-state index in [1.807, 2.05) is 44.2 Å². The predicted molar refractivity (Wildman–Crippen MR) is 141 cm³/mol. The summed E-state index contributed by atoms with van der Waals surface area (Å²) in [7, 11) is 3.20. The Labute approximate surface area is 208 Å². The van der Waals surface area contributed by atoms with Gasteiger partial charge in [0.1, 0.15) is 12.1 Å². The zero-order valence-corrected chi connectivity index (χ0v) is 21.2. The summed E-state index contributed by atoms with van der Waals surface area (Å²) in [6.45, 7) is 5.91. The molecule has 9 nitrogen and oxygen atoms in total. The van der Waals surface area contributed by atoms with Crippen molar-refractivity contribution in [3.05, 3.63) is 63.1 Å². The summed E-state index contributed by atoms with van der Waals surface area (Å²) >= 11 is 0. The van der Waals surface area contributed by atoms with Crippen molar-refractivity contribution < 1.29 is 9.47 Å². The molecule has 0 unspecified atom stereocenters. The molecule has 3 heterocycles. The molecule has 0 atom stereocenters. The lowest BCUT2D eigenvalue weighted by molar-refractivity contribution is 0.355. The van der Waals surface area contributed by atoms with Gasteiger partial charge in [0, 0.05) is 37.1 Å². The maximum absolute atomic E-state index is 13.5. The van der Waals surface area contributed by atoms with E-state index in [4.69, 9.17) is 9.47 Å². The molecule has 1 saturated heterocycles. The van der Waals surface area contributed by atoms with Crippen LogP contribution in [0.1, 0.15) is 37.8 Å². The molecular formula is C27H31N5O4. The fourth-order valence-electron chi connectivity index (χ4n) is 5.23. The van der Waals surface area contributed by atoms with Crippen LogP contribution < -0.4 is 25.6 Å². The van der Waals surface area contributed by atoms with Gasteiger partial charge in [-0.25, -0.2) is 14.8 Å². The van der Waals surface area contributed by atoms with Gasteiger partial charge in [0.15, 0.2) is 11.5 Å². The van der Waals surface area contributed by atoms with Crippen LogP contribution in [0.15, 0.2) is 46.2 Å². The van der Waals surface area contributed by atoms with E-state index in [1.165, 1.54) is 4.57 Å². The van der Waals surface area contributed by atoms with Crippen LogP contribution in [-0.4, -0.2) is 46.4 Å². The van der Waals surface area contributed by atoms with Crippen LogP contribution in [0.5, 0.6) is 11.5 Å². The van der Waals surface area contributed by atoms with Crippen LogP contribution in [0, 0.1) is 6.92 Å². The number of benzene rings is 2. The molecule has 0 aliphatic carbocycles. The van der Waals surface area contributed by atoms with Gasteiger partial charge < -0.3 is 14.4 Å². The van der Waals surface area contributed by atoms with Gasteiger partial charge in [-0.3, -0.25) is 13.9 Å². The largest absolute Gasteiger partial charge is 0.493 e. The van der Waals surface area contributed by atoms with Crippen LogP contribution in [-0.2, 0) is 6.54 Å². The lowest BCUT2D eigenvalue weighted by Crippen LogP contribution is -2.46. The van der Waals surface area contributed by atoms with Crippen molar-refractivity contribution in [3.63, 3.8) is 0 Å². The Bertz CT molecular complexity index is 1550. The second-order valence-corrected chi connectivity index (χ2v) is 9.27. The Balaban J connectivity index is 1.50. The van der Waals surface area contributed by atoms with Gasteiger partial charge in [-0.1, -0.05) is 18.6 Å². The average molecular weight is 490 g/mol. The van der Waals surface area contributed by atoms with Gasteiger partial charge in [0.25, 0.3) is 5.56 Å². The number of fused-ring (bicyclic) bond motifs is 2. The smallest absolute Gasteiger partial charge is 0.331 e. The molecule has 0 saturated carbocycles. The minimum Gasteiger partial charge on any atom is -0.493 e. The van der Waals surface area contributed by atoms with Crippen LogP contribution in [0.25, 0.3) is 21.8 Å². The Morgan fingerprint density at radius 1 is 0.972 bits per heavy atom. The normalized spacial score (nSPS) is 14.5. The topological polar surface area (TPSA) is 91.5 Å². The zero-order chi connectivity index (χ0) is 25.4. The van der Waals surface area contributed by atoms with E-state index in [9.17, 15) is 9.59 Å². The van der Waals surface area contributed by atoms with Crippen LogP contribution >= 0.6 is 0 Å². The summed E-state index contributed by atoms with van der Waals surface area (Å²) in [4.78, 5) is 38.2. The second kappa shape index (κ2) is 9.64. The maximum atomic E-state index is 13.5. The molecule has 1 aliphatic heterocycles. The molecule has 36 heavy (non-hydrogen) atoms. The first-order chi connectivity index (χ1) is 17.5. The van der Waals surface area contributed by atoms with Crippen LogP contribution in [0.2, 0.25) is 0 Å². The lowest BCUT2D eigenvalue weighted by atomic mass is 10.0. The van der Waals surface area contributed by atoms with Crippen molar-refractivity contribution in [1.29, 1.82) is 0 Å². The van der Waals surface area contributed by atoms with E-state index in [0.717, 1.165) is 28.7 Å². The van der Waals surface area contributed by atoms with Crippen molar-refractivity contribution in [2.75, 3.05) is 32.2 Å². The molecule has 4 aromatic rings. The van der Waals surface area contributed by atoms with Gasteiger partial charge >= 0.3 is 5.69 Å². The molecule has 2 aromatic carbocycles. The quantitative estimate of drug-likeness (QED) is 0.408. The molecule has 9 heteroatoms. The highest BCUT2D eigenvalue weighted by Crippen LogP contribution is 2.36. The lowest BCUT2D eigenvalue weighted by Gasteiger charge is -2.34.